The number of hydrogen-bond acceptors (Lipinski definition) is 1. The standard InChI is InChI=1S/C10H21N/c1-5-11-7-6-9(2)10(3,4)8-11/h9H,5-8H2,1-4H3. The Morgan fingerprint density at radius 1 is 1.45 bits per heavy atom. The van der Waals surface area contributed by atoms with Gasteiger partial charge in [0.1, 0.15) is 0 Å². The third kappa shape index (κ3) is 1.96. The molecule has 0 amide bonds. The van der Waals surface area contributed by atoms with Crippen molar-refractivity contribution in [3.63, 3.8) is 0 Å². The Bertz CT molecular complexity index is 129. The zero-order valence-electron chi connectivity index (χ0n) is 8.35. The van der Waals surface area contributed by atoms with Crippen molar-refractivity contribution < 1.29 is 0 Å². The summed E-state index contributed by atoms with van der Waals surface area (Å²) in [4.78, 5) is 2.56. The van der Waals surface area contributed by atoms with Gasteiger partial charge in [-0.25, -0.2) is 0 Å². The Morgan fingerprint density at radius 3 is 2.55 bits per heavy atom. The molecule has 0 spiro atoms. The van der Waals surface area contributed by atoms with Gasteiger partial charge in [0.25, 0.3) is 0 Å². The van der Waals surface area contributed by atoms with E-state index in [-0.39, 0.29) is 0 Å². The molecule has 0 radical (unpaired) electrons. The van der Waals surface area contributed by atoms with Crippen molar-refractivity contribution in [2.75, 3.05) is 19.6 Å². The van der Waals surface area contributed by atoms with Gasteiger partial charge in [-0.2, -0.15) is 0 Å². The van der Waals surface area contributed by atoms with Crippen molar-refractivity contribution in [1.29, 1.82) is 0 Å². The largest absolute Gasteiger partial charge is 0.303 e. The van der Waals surface area contributed by atoms with Gasteiger partial charge in [-0.3, -0.25) is 0 Å². The lowest BCUT2D eigenvalue weighted by molar-refractivity contribution is 0.0687. The molecule has 11 heavy (non-hydrogen) atoms. The molecule has 0 bridgehead atoms. The van der Waals surface area contributed by atoms with E-state index in [4.69, 9.17) is 0 Å². The Morgan fingerprint density at radius 2 is 2.09 bits per heavy atom. The van der Waals surface area contributed by atoms with E-state index >= 15 is 0 Å². The van der Waals surface area contributed by atoms with E-state index in [1.165, 1.54) is 26.1 Å². The minimum Gasteiger partial charge on any atom is -0.303 e. The summed E-state index contributed by atoms with van der Waals surface area (Å²) in [6.45, 7) is 13.2. The lowest BCUT2D eigenvalue weighted by Gasteiger charge is -2.42. The minimum atomic E-state index is 0.536. The van der Waals surface area contributed by atoms with Crippen molar-refractivity contribution >= 4 is 0 Å². The SMILES string of the molecule is CCN1CCC(C)C(C)(C)C1. The molecule has 1 heteroatoms. The highest BCUT2D eigenvalue weighted by molar-refractivity contribution is 4.84. The van der Waals surface area contributed by atoms with Crippen LogP contribution < -0.4 is 0 Å². The summed E-state index contributed by atoms with van der Waals surface area (Å²) in [6.07, 6.45) is 1.38. The number of rotatable bonds is 1. The molecule has 66 valence electrons. The molecule has 1 atom stereocenters. The summed E-state index contributed by atoms with van der Waals surface area (Å²) >= 11 is 0. The lowest BCUT2D eigenvalue weighted by Crippen LogP contribution is -2.44. The maximum atomic E-state index is 2.56. The second kappa shape index (κ2) is 3.14. The maximum absolute atomic E-state index is 2.56. The molecule has 1 aliphatic rings. The molecule has 0 aromatic carbocycles. The molecule has 0 aliphatic carbocycles. The summed E-state index contributed by atoms with van der Waals surface area (Å²) in [5, 5.41) is 0. The van der Waals surface area contributed by atoms with Gasteiger partial charge in [0.15, 0.2) is 0 Å². The van der Waals surface area contributed by atoms with Crippen molar-refractivity contribution in [1.82, 2.24) is 4.90 Å². The molecular weight excluding hydrogens is 134 g/mol. The molecule has 1 nitrogen and oxygen atoms in total. The average Bonchev–Trinajstić information content (AvgIpc) is 1.95. The summed E-state index contributed by atoms with van der Waals surface area (Å²) in [6, 6.07) is 0. The molecule has 1 fully saturated rings. The van der Waals surface area contributed by atoms with Crippen molar-refractivity contribution in [3.8, 4) is 0 Å². The zero-order chi connectivity index (χ0) is 8.48. The minimum absolute atomic E-state index is 0.536. The highest BCUT2D eigenvalue weighted by Gasteiger charge is 2.31. The molecule has 0 N–H and O–H groups in total. The Balaban J connectivity index is 2.52. The predicted octanol–water partition coefficient (Wildman–Crippen LogP) is 2.37. The molecule has 0 aromatic rings. The van der Waals surface area contributed by atoms with Gasteiger partial charge in [-0.1, -0.05) is 27.7 Å². The van der Waals surface area contributed by atoms with Gasteiger partial charge in [-0.05, 0) is 30.8 Å². The average molecular weight is 155 g/mol. The quantitative estimate of drug-likeness (QED) is 0.562. The van der Waals surface area contributed by atoms with E-state index in [0.717, 1.165) is 5.92 Å². The summed E-state index contributed by atoms with van der Waals surface area (Å²) in [5.74, 6) is 0.894. The first-order chi connectivity index (χ1) is 5.06. The molecule has 0 saturated carbocycles. The van der Waals surface area contributed by atoms with Crippen LogP contribution in [0.1, 0.15) is 34.1 Å². The zero-order valence-corrected chi connectivity index (χ0v) is 8.35. The van der Waals surface area contributed by atoms with Crippen LogP contribution in [0.2, 0.25) is 0 Å². The molecule has 1 rings (SSSR count). The second-order valence-electron chi connectivity index (χ2n) is 4.55. The van der Waals surface area contributed by atoms with Crippen LogP contribution in [0.4, 0.5) is 0 Å². The summed E-state index contributed by atoms with van der Waals surface area (Å²) in [5.41, 5.74) is 0.536. The highest BCUT2D eigenvalue weighted by atomic mass is 15.1. The van der Waals surface area contributed by atoms with E-state index in [1.807, 2.05) is 0 Å². The van der Waals surface area contributed by atoms with Crippen LogP contribution in [0.3, 0.4) is 0 Å². The van der Waals surface area contributed by atoms with E-state index in [1.54, 1.807) is 0 Å². The van der Waals surface area contributed by atoms with Crippen LogP contribution in [-0.2, 0) is 0 Å². The van der Waals surface area contributed by atoms with Crippen LogP contribution in [0.25, 0.3) is 0 Å². The molecule has 1 heterocycles. The monoisotopic (exact) mass is 155 g/mol. The van der Waals surface area contributed by atoms with Crippen LogP contribution in [-0.4, -0.2) is 24.5 Å². The first-order valence-corrected chi connectivity index (χ1v) is 4.78. The Hall–Kier alpha value is -0.0400. The van der Waals surface area contributed by atoms with Crippen LogP contribution in [0.5, 0.6) is 0 Å². The molecule has 1 unspecified atom stereocenters. The maximum Gasteiger partial charge on any atom is 0.00351 e. The number of likely N-dealkylation sites (tertiary alicyclic amines) is 1. The molecule has 1 aliphatic heterocycles. The van der Waals surface area contributed by atoms with Crippen molar-refractivity contribution in [2.24, 2.45) is 11.3 Å². The fourth-order valence-corrected chi connectivity index (χ4v) is 1.85. The topological polar surface area (TPSA) is 3.24 Å². The van der Waals surface area contributed by atoms with E-state index in [0.29, 0.717) is 5.41 Å². The van der Waals surface area contributed by atoms with E-state index in [2.05, 4.69) is 32.6 Å². The van der Waals surface area contributed by atoms with Crippen LogP contribution in [0.15, 0.2) is 0 Å². The molecular formula is C10H21N. The third-order valence-corrected chi connectivity index (χ3v) is 3.29. The fourth-order valence-electron chi connectivity index (χ4n) is 1.85. The lowest BCUT2D eigenvalue weighted by atomic mass is 9.75. The van der Waals surface area contributed by atoms with Gasteiger partial charge < -0.3 is 4.90 Å². The summed E-state index contributed by atoms with van der Waals surface area (Å²) < 4.78 is 0. The van der Waals surface area contributed by atoms with Crippen LogP contribution >= 0.6 is 0 Å². The Kier molecular flexibility index (Phi) is 2.58. The normalized spacial score (nSPS) is 32.2. The molecule has 0 aromatic heterocycles. The van der Waals surface area contributed by atoms with Crippen molar-refractivity contribution in [3.05, 3.63) is 0 Å². The van der Waals surface area contributed by atoms with Gasteiger partial charge in [-0.15, -0.1) is 0 Å². The number of hydrogen-bond donors (Lipinski definition) is 0. The number of piperidine rings is 1. The summed E-state index contributed by atoms with van der Waals surface area (Å²) in [7, 11) is 0. The van der Waals surface area contributed by atoms with Gasteiger partial charge >= 0.3 is 0 Å². The van der Waals surface area contributed by atoms with Gasteiger partial charge in [0.2, 0.25) is 0 Å². The fraction of sp³-hybridized carbons (Fsp3) is 1.00. The second-order valence-corrected chi connectivity index (χ2v) is 4.55. The Labute approximate surface area is 70.8 Å². The van der Waals surface area contributed by atoms with Crippen LogP contribution in [0, 0.1) is 11.3 Å². The molecule has 1 saturated heterocycles. The number of nitrogens with zero attached hydrogens (tertiary/aromatic N) is 1. The third-order valence-electron chi connectivity index (χ3n) is 3.29. The van der Waals surface area contributed by atoms with Crippen molar-refractivity contribution in [2.45, 2.75) is 34.1 Å². The first kappa shape index (κ1) is 9.05. The van der Waals surface area contributed by atoms with Gasteiger partial charge in [0, 0.05) is 6.54 Å². The van der Waals surface area contributed by atoms with E-state index in [9.17, 15) is 0 Å². The van der Waals surface area contributed by atoms with Gasteiger partial charge in [0.05, 0.1) is 0 Å². The highest BCUT2D eigenvalue weighted by Crippen LogP contribution is 2.33. The smallest absolute Gasteiger partial charge is 0.00351 e. The predicted molar refractivity (Wildman–Crippen MR) is 49.7 cm³/mol. The van der Waals surface area contributed by atoms with E-state index < -0.39 is 0 Å². The first-order valence-electron chi connectivity index (χ1n) is 4.78.